The van der Waals surface area contributed by atoms with Gasteiger partial charge in [-0.25, -0.2) is 4.98 Å². The fourth-order valence-electron chi connectivity index (χ4n) is 4.30. The number of carbonyl (C=O) groups excluding carboxylic acids is 2. The number of aromatic nitrogens is 1. The van der Waals surface area contributed by atoms with Crippen molar-refractivity contribution in [1.82, 2.24) is 4.98 Å². The van der Waals surface area contributed by atoms with E-state index < -0.39 is 5.60 Å². The number of rotatable bonds is 6. The van der Waals surface area contributed by atoms with Gasteiger partial charge in [-0.3, -0.25) is 9.59 Å². The molecule has 0 radical (unpaired) electrons. The lowest BCUT2D eigenvalue weighted by atomic mass is 9.87. The Labute approximate surface area is 215 Å². The first-order valence-electron chi connectivity index (χ1n) is 11.7. The van der Waals surface area contributed by atoms with Gasteiger partial charge < -0.3 is 19.5 Å². The van der Waals surface area contributed by atoms with Crippen molar-refractivity contribution in [2.75, 3.05) is 11.9 Å². The summed E-state index contributed by atoms with van der Waals surface area (Å²) in [6.07, 6.45) is 3.07. The number of halogens is 1. The van der Waals surface area contributed by atoms with Gasteiger partial charge in [-0.2, -0.15) is 0 Å². The number of benzene rings is 2. The first kappa shape index (κ1) is 25.5. The normalized spacial score (nSPS) is 16.5. The highest BCUT2D eigenvalue weighted by Gasteiger charge is 2.35. The molecule has 1 aromatic heterocycles. The standard InChI is InChI=1S/C28H29ClN2O5/c1-16-17(2)25-22(18(3)24(16)35-19(4)32)12-13-28(5,36-25)15-34-21-10-8-20(9-11-21)31-27(33)23-7-6-14-30-26(23)29/h6-11,14H,12-13,15H2,1-5H3,(H,31,33). The summed E-state index contributed by atoms with van der Waals surface area (Å²) in [4.78, 5) is 27.9. The van der Waals surface area contributed by atoms with Gasteiger partial charge in [-0.1, -0.05) is 11.6 Å². The zero-order chi connectivity index (χ0) is 26.0. The minimum absolute atomic E-state index is 0.153. The van der Waals surface area contributed by atoms with Crippen LogP contribution in [0.15, 0.2) is 42.6 Å². The lowest BCUT2D eigenvalue weighted by molar-refractivity contribution is -0.132. The molecule has 1 aliphatic rings. The van der Waals surface area contributed by atoms with Crippen molar-refractivity contribution in [3.05, 3.63) is 75.6 Å². The van der Waals surface area contributed by atoms with E-state index in [0.717, 1.165) is 40.8 Å². The van der Waals surface area contributed by atoms with E-state index in [0.29, 0.717) is 29.4 Å². The van der Waals surface area contributed by atoms with Crippen molar-refractivity contribution in [3.8, 4) is 17.2 Å². The molecule has 1 amide bonds. The second-order valence-corrected chi connectivity index (χ2v) is 9.62. The number of ether oxygens (including phenoxy) is 3. The molecule has 1 unspecified atom stereocenters. The van der Waals surface area contributed by atoms with Gasteiger partial charge in [0.1, 0.15) is 34.6 Å². The summed E-state index contributed by atoms with van der Waals surface area (Å²) in [7, 11) is 0. The summed E-state index contributed by atoms with van der Waals surface area (Å²) in [6.45, 7) is 9.69. The Morgan fingerprint density at radius 1 is 1.11 bits per heavy atom. The average molecular weight is 509 g/mol. The number of nitrogens with one attached hydrogen (secondary N) is 1. The highest BCUT2D eigenvalue weighted by molar-refractivity contribution is 6.33. The van der Waals surface area contributed by atoms with E-state index in [4.69, 9.17) is 25.8 Å². The average Bonchev–Trinajstić information content (AvgIpc) is 2.85. The van der Waals surface area contributed by atoms with Crippen LogP contribution in [0.4, 0.5) is 5.69 Å². The molecule has 4 rings (SSSR count). The summed E-state index contributed by atoms with van der Waals surface area (Å²) < 4.78 is 18.0. The number of nitrogens with zero attached hydrogens (tertiary/aromatic N) is 1. The summed E-state index contributed by atoms with van der Waals surface area (Å²) in [5.41, 5.74) is 4.28. The Morgan fingerprint density at radius 2 is 1.83 bits per heavy atom. The molecule has 0 fully saturated rings. The Kier molecular flexibility index (Phi) is 7.22. The van der Waals surface area contributed by atoms with E-state index in [1.165, 1.54) is 13.1 Å². The van der Waals surface area contributed by atoms with Crippen molar-refractivity contribution in [1.29, 1.82) is 0 Å². The molecule has 1 atom stereocenters. The molecular weight excluding hydrogens is 480 g/mol. The SMILES string of the molecule is CC(=O)Oc1c(C)c(C)c2c(c1C)CCC(C)(COc1ccc(NC(=O)c3cccnc3Cl)cc1)O2. The molecule has 0 saturated carbocycles. The van der Waals surface area contributed by atoms with Crippen LogP contribution < -0.4 is 19.5 Å². The summed E-state index contributed by atoms with van der Waals surface area (Å²) in [6, 6.07) is 10.4. The number of hydrogen-bond acceptors (Lipinski definition) is 6. The second kappa shape index (κ2) is 10.2. The van der Waals surface area contributed by atoms with Crippen LogP contribution in [0.3, 0.4) is 0 Å². The summed E-state index contributed by atoms with van der Waals surface area (Å²) in [5, 5.41) is 2.96. The van der Waals surface area contributed by atoms with Gasteiger partial charge in [-0.05, 0) is 93.6 Å². The molecule has 0 aliphatic carbocycles. The predicted octanol–water partition coefficient (Wildman–Crippen LogP) is 6.00. The van der Waals surface area contributed by atoms with Gasteiger partial charge in [-0.15, -0.1) is 0 Å². The van der Waals surface area contributed by atoms with Crippen molar-refractivity contribution in [2.45, 2.75) is 53.1 Å². The van der Waals surface area contributed by atoms with Crippen LogP contribution in [0.5, 0.6) is 17.2 Å². The smallest absolute Gasteiger partial charge is 0.308 e. The molecule has 7 nitrogen and oxygen atoms in total. The van der Waals surface area contributed by atoms with Gasteiger partial charge in [0.15, 0.2) is 0 Å². The Balaban J connectivity index is 1.42. The molecule has 36 heavy (non-hydrogen) atoms. The molecule has 1 N–H and O–H groups in total. The minimum Gasteiger partial charge on any atom is -0.489 e. The minimum atomic E-state index is -0.524. The quantitative estimate of drug-likeness (QED) is 0.249. The first-order chi connectivity index (χ1) is 17.1. The zero-order valence-corrected chi connectivity index (χ0v) is 21.8. The fourth-order valence-corrected chi connectivity index (χ4v) is 4.51. The van der Waals surface area contributed by atoms with Gasteiger partial charge >= 0.3 is 5.97 Å². The van der Waals surface area contributed by atoms with Gasteiger partial charge in [0.05, 0.1) is 5.56 Å². The van der Waals surface area contributed by atoms with Crippen molar-refractivity contribution in [3.63, 3.8) is 0 Å². The molecule has 1 aliphatic heterocycles. The predicted molar refractivity (Wildman–Crippen MR) is 138 cm³/mol. The highest BCUT2D eigenvalue weighted by Crippen LogP contribution is 2.44. The van der Waals surface area contributed by atoms with Crippen LogP contribution in [0.1, 0.15) is 52.9 Å². The van der Waals surface area contributed by atoms with Crippen LogP contribution in [0.25, 0.3) is 0 Å². The van der Waals surface area contributed by atoms with Crippen LogP contribution in [0, 0.1) is 20.8 Å². The summed E-state index contributed by atoms with van der Waals surface area (Å²) in [5.74, 6) is 1.46. The lowest BCUT2D eigenvalue weighted by Crippen LogP contribution is -2.42. The van der Waals surface area contributed by atoms with E-state index in [1.807, 2.05) is 27.7 Å². The van der Waals surface area contributed by atoms with Crippen LogP contribution in [-0.2, 0) is 11.2 Å². The van der Waals surface area contributed by atoms with Crippen molar-refractivity contribution >= 4 is 29.2 Å². The highest BCUT2D eigenvalue weighted by atomic mass is 35.5. The number of amides is 1. The number of esters is 1. The molecular formula is C28H29ClN2O5. The molecule has 0 saturated heterocycles. The maximum atomic E-state index is 12.4. The number of pyridine rings is 1. The zero-order valence-electron chi connectivity index (χ0n) is 21.0. The summed E-state index contributed by atoms with van der Waals surface area (Å²) >= 11 is 6.00. The lowest BCUT2D eigenvalue weighted by Gasteiger charge is -2.37. The van der Waals surface area contributed by atoms with E-state index in [-0.39, 0.29) is 17.0 Å². The van der Waals surface area contributed by atoms with Crippen LogP contribution >= 0.6 is 11.6 Å². The second-order valence-electron chi connectivity index (χ2n) is 9.27. The van der Waals surface area contributed by atoms with Gasteiger partial charge in [0, 0.05) is 24.4 Å². The molecule has 188 valence electrons. The van der Waals surface area contributed by atoms with E-state index in [1.54, 1.807) is 36.4 Å². The van der Waals surface area contributed by atoms with Gasteiger partial charge in [0.2, 0.25) is 0 Å². The third-order valence-corrected chi connectivity index (χ3v) is 6.77. The number of fused-ring (bicyclic) bond motifs is 1. The molecule has 3 aromatic rings. The molecule has 0 bridgehead atoms. The van der Waals surface area contributed by atoms with Crippen molar-refractivity contribution in [2.24, 2.45) is 0 Å². The maximum Gasteiger partial charge on any atom is 0.308 e. The van der Waals surface area contributed by atoms with Crippen molar-refractivity contribution < 1.29 is 23.8 Å². The van der Waals surface area contributed by atoms with E-state index in [2.05, 4.69) is 10.3 Å². The Hall–Kier alpha value is -3.58. The first-order valence-corrected chi connectivity index (χ1v) is 12.1. The third-order valence-electron chi connectivity index (χ3n) is 6.47. The fraction of sp³-hybridized carbons (Fsp3) is 0.321. The molecule has 0 spiro atoms. The molecule has 8 heteroatoms. The van der Waals surface area contributed by atoms with E-state index >= 15 is 0 Å². The Bertz CT molecular complexity index is 1320. The van der Waals surface area contributed by atoms with Crippen LogP contribution in [-0.4, -0.2) is 29.1 Å². The monoisotopic (exact) mass is 508 g/mol. The van der Waals surface area contributed by atoms with E-state index in [9.17, 15) is 9.59 Å². The largest absolute Gasteiger partial charge is 0.489 e. The number of anilines is 1. The number of carbonyl (C=O) groups is 2. The molecule has 2 heterocycles. The molecule has 2 aromatic carbocycles. The van der Waals surface area contributed by atoms with Gasteiger partial charge in [0.25, 0.3) is 5.91 Å². The Morgan fingerprint density at radius 3 is 2.50 bits per heavy atom. The number of hydrogen-bond donors (Lipinski definition) is 1. The van der Waals surface area contributed by atoms with Crippen LogP contribution in [0.2, 0.25) is 5.15 Å². The topological polar surface area (TPSA) is 86.8 Å². The maximum absolute atomic E-state index is 12.4. The third kappa shape index (κ3) is 5.31.